The van der Waals surface area contributed by atoms with E-state index in [0.717, 1.165) is 36.6 Å². The van der Waals surface area contributed by atoms with Crippen molar-refractivity contribution in [3.8, 4) is 0 Å². The predicted molar refractivity (Wildman–Crippen MR) is 68.8 cm³/mol. The highest BCUT2D eigenvalue weighted by molar-refractivity contribution is 5.80. The van der Waals surface area contributed by atoms with E-state index in [0.29, 0.717) is 5.78 Å². The highest BCUT2D eigenvalue weighted by Crippen LogP contribution is 2.48. The molecule has 1 saturated heterocycles. The van der Waals surface area contributed by atoms with E-state index in [1.807, 2.05) is 0 Å². The maximum absolute atomic E-state index is 11.8. The standard InChI is InChI=1S/C15H25NO/c1-2-7-16-8-6-12-10-13(17)9-11-4-3-5-14(16)15(11)12/h11-12,14-15H,2-10H2,1H3/t11-,12-,14+,15-/m0/s1. The number of hydrogen-bond donors (Lipinski definition) is 0. The molecule has 0 aromatic heterocycles. The van der Waals surface area contributed by atoms with Gasteiger partial charge in [-0.15, -0.1) is 0 Å². The first kappa shape index (κ1) is 11.7. The average molecular weight is 235 g/mol. The molecular weight excluding hydrogens is 210 g/mol. The van der Waals surface area contributed by atoms with Crippen molar-refractivity contribution in [3.63, 3.8) is 0 Å². The lowest BCUT2D eigenvalue weighted by atomic mass is 9.60. The van der Waals surface area contributed by atoms with E-state index in [1.54, 1.807) is 0 Å². The van der Waals surface area contributed by atoms with Crippen molar-refractivity contribution in [2.45, 2.75) is 57.9 Å². The van der Waals surface area contributed by atoms with Crippen LogP contribution in [0.4, 0.5) is 0 Å². The Balaban J connectivity index is 1.80. The van der Waals surface area contributed by atoms with E-state index < -0.39 is 0 Å². The molecule has 2 heteroatoms. The van der Waals surface area contributed by atoms with Crippen LogP contribution in [0.3, 0.4) is 0 Å². The largest absolute Gasteiger partial charge is 0.300 e. The van der Waals surface area contributed by atoms with Gasteiger partial charge in [0, 0.05) is 18.9 Å². The van der Waals surface area contributed by atoms with Crippen LogP contribution in [-0.2, 0) is 4.79 Å². The van der Waals surface area contributed by atoms with Crippen LogP contribution in [0.15, 0.2) is 0 Å². The third-order valence-electron chi connectivity index (χ3n) is 5.35. The van der Waals surface area contributed by atoms with Crippen LogP contribution in [-0.4, -0.2) is 29.8 Å². The molecule has 96 valence electrons. The zero-order valence-corrected chi connectivity index (χ0v) is 11.0. The summed E-state index contributed by atoms with van der Waals surface area (Å²) in [6.07, 6.45) is 8.43. The van der Waals surface area contributed by atoms with Gasteiger partial charge >= 0.3 is 0 Å². The molecule has 3 fully saturated rings. The van der Waals surface area contributed by atoms with Crippen LogP contribution in [0.5, 0.6) is 0 Å². The van der Waals surface area contributed by atoms with Gasteiger partial charge in [0.05, 0.1) is 0 Å². The fourth-order valence-electron chi connectivity index (χ4n) is 4.81. The number of Topliss-reactive ketones (excluding diaryl/α,β-unsaturated/α-hetero) is 1. The Kier molecular flexibility index (Phi) is 3.25. The third kappa shape index (κ3) is 2.05. The van der Waals surface area contributed by atoms with Gasteiger partial charge in [-0.1, -0.05) is 13.3 Å². The first-order valence-electron chi connectivity index (χ1n) is 7.55. The first-order chi connectivity index (χ1) is 8.29. The van der Waals surface area contributed by atoms with Gasteiger partial charge in [0.15, 0.2) is 0 Å². The molecule has 1 heterocycles. The van der Waals surface area contributed by atoms with Crippen molar-refractivity contribution in [1.29, 1.82) is 0 Å². The lowest BCUT2D eigenvalue weighted by Gasteiger charge is -2.53. The normalized spacial score (nSPS) is 42.3. The van der Waals surface area contributed by atoms with E-state index in [-0.39, 0.29) is 0 Å². The lowest BCUT2D eigenvalue weighted by molar-refractivity contribution is -0.130. The summed E-state index contributed by atoms with van der Waals surface area (Å²) < 4.78 is 0. The van der Waals surface area contributed by atoms with Crippen molar-refractivity contribution in [2.75, 3.05) is 13.1 Å². The second kappa shape index (κ2) is 4.72. The van der Waals surface area contributed by atoms with Crippen LogP contribution in [0.25, 0.3) is 0 Å². The third-order valence-corrected chi connectivity index (χ3v) is 5.35. The Labute approximate surface area is 105 Å². The van der Waals surface area contributed by atoms with Crippen LogP contribution in [0, 0.1) is 17.8 Å². The van der Waals surface area contributed by atoms with E-state index in [2.05, 4.69) is 11.8 Å². The molecule has 1 aliphatic heterocycles. The molecule has 0 unspecified atom stereocenters. The smallest absolute Gasteiger partial charge is 0.133 e. The molecular formula is C15H25NO. The molecule has 17 heavy (non-hydrogen) atoms. The lowest BCUT2D eigenvalue weighted by Crippen LogP contribution is -2.55. The van der Waals surface area contributed by atoms with Gasteiger partial charge in [0.25, 0.3) is 0 Å². The zero-order valence-electron chi connectivity index (χ0n) is 11.0. The summed E-state index contributed by atoms with van der Waals surface area (Å²) in [6, 6.07) is 0.820. The maximum atomic E-state index is 11.8. The Morgan fingerprint density at radius 2 is 1.94 bits per heavy atom. The number of rotatable bonds is 2. The quantitative estimate of drug-likeness (QED) is 0.733. The molecule has 2 saturated carbocycles. The predicted octanol–water partition coefficient (Wildman–Crippen LogP) is 2.87. The molecule has 3 aliphatic rings. The molecule has 0 amide bonds. The summed E-state index contributed by atoms with van der Waals surface area (Å²) in [6.45, 7) is 4.81. The van der Waals surface area contributed by atoms with Gasteiger partial charge in [-0.25, -0.2) is 0 Å². The van der Waals surface area contributed by atoms with E-state index >= 15 is 0 Å². The number of piperidine rings is 1. The fourth-order valence-corrected chi connectivity index (χ4v) is 4.81. The van der Waals surface area contributed by atoms with E-state index in [4.69, 9.17) is 0 Å². The molecule has 0 aromatic carbocycles. The zero-order chi connectivity index (χ0) is 11.8. The molecule has 0 N–H and O–H groups in total. The van der Waals surface area contributed by atoms with Gasteiger partial charge in [-0.2, -0.15) is 0 Å². The van der Waals surface area contributed by atoms with Gasteiger partial charge in [-0.3, -0.25) is 4.79 Å². The van der Waals surface area contributed by atoms with E-state index in [9.17, 15) is 4.79 Å². The fraction of sp³-hybridized carbons (Fsp3) is 0.933. The molecule has 2 aliphatic carbocycles. The van der Waals surface area contributed by atoms with Crippen molar-refractivity contribution < 1.29 is 4.79 Å². The highest BCUT2D eigenvalue weighted by atomic mass is 16.1. The Hall–Kier alpha value is -0.370. The van der Waals surface area contributed by atoms with Crippen LogP contribution in [0.2, 0.25) is 0 Å². The SMILES string of the molecule is CCCN1CC[C@H]2CC(=O)C[C@@H]3CCC[C@@H]1[C@@H]32. The van der Waals surface area contributed by atoms with Gasteiger partial charge in [-0.05, 0) is 56.5 Å². The Morgan fingerprint density at radius 1 is 1.18 bits per heavy atom. The summed E-state index contributed by atoms with van der Waals surface area (Å²) in [5, 5.41) is 0. The molecule has 3 rings (SSSR count). The highest BCUT2D eigenvalue weighted by Gasteiger charge is 2.47. The van der Waals surface area contributed by atoms with Crippen molar-refractivity contribution >= 4 is 5.78 Å². The summed E-state index contributed by atoms with van der Waals surface area (Å²) in [4.78, 5) is 14.6. The number of ketones is 1. The number of carbonyl (C=O) groups is 1. The van der Waals surface area contributed by atoms with Gasteiger partial charge < -0.3 is 4.90 Å². The second-order valence-corrected chi connectivity index (χ2v) is 6.37. The van der Waals surface area contributed by atoms with Crippen LogP contribution < -0.4 is 0 Å². The van der Waals surface area contributed by atoms with Crippen molar-refractivity contribution in [2.24, 2.45) is 17.8 Å². The number of nitrogens with zero attached hydrogens (tertiary/aromatic N) is 1. The average Bonchev–Trinajstić information content (AvgIpc) is 2.32. The molecule has 0 spiro atoms. The van der Waals surface area contributed by atoms with Crippen molar-refractivity contribution in [1.82, 2.24) is 4.90 Å². The second-order valence-electron chi connectivity index (χ2n) is 6.37. The minimum absolute atomic E-state index is 0.556. The minimum Gasteiger partial charge on any atom is -0.300 e. The molecule has 0 bridgehead atoms. The molecule has 2 nitrogen and oxygen atoms in total. The molecule has 0 aromatic rings. The topological polar surface area (TPSA) is 20.3 Å². The van der Waals surface area contributed by atoms with Crippen LogP contribution in [0.1, 0.15) is 51.9 Å². The molecule has 4 atom stereocenters. The Morgan fingerprint density at radius 3 is 2.71 bits per heavy atom. The van der Waals surface area contributed by atoms with Crippen LogP contribution >= 0.6 is 0 Å². The maximum Gasteiger partial charge on any atom is 0.133 e. The summed E-state index contributed by atoms with van der Waals surface area (Å²) in [5.41, 5.74) is 0. The summed E-state index contributed by atoms with van der Waals surface area (Å²) >= 11 is 0. The Bertz CT molecular complexity index is 291. The van der Waals surface area contributed by atoms with Crippen molar-refractivity contribution in [3.05, 3.63) is 0 Å². The first-order valence-corrected chi connectivity index (χ1v) is 7.55. The minimum atomic E-state index is 0.556. The summed E-state index contributed by atoms with van der Waals surface area (Å²) in [7, 11) is 0. The molecule has 0 radical (unpaired) electrons. The van der Waals surface area contributed by atoms with E-state index in [1.165, 1.54) is 45.2 Å². The van der Waals surface area contributed by atoms with Gasteiger partial charge in [0.1, 0.15) is 5.78 Å². The monoisotopic (exact) mass is 235 g/mol. The van der Waals surface area contributed by atoms with Gasteiger partial charge in [0.2, 0.25) is 0 Å². The summed E-state index contributed by atoms with van der Waals surface area (Å²) in [5.74, 6) is 2.89. The number of carbonyl (C=O) groups excluding carboxylic acids is 1. The number of likely N-dealkylation sites (tertiary alicyclic amines) is 1. The number of hydrogen-bond acceptors (Lipinski definition) is 2.